The standard InChI is InChI=1S/C42H32N2O2/c1-3-39(45)43-35-25-15-29(16-26-35)13-19-33-23-21-31-9-5-7-11-37(31)41(33)42-34(24-22-32-10-6-8-12-38(32)42)20-14-30-17-27-36(28-18-30)44-40(46)4-2/h3-28H,1-2H2,(H,43,45)(H,44,46)/b19-13+,20-14+. The van der Waals surface area contributed by atoms with E-state index in [1.807, 2.05) is 48.5 Å². The molecule has 4 nitrogen and oxygen atoms in total. The molecule has 0 saturated carbocycles. The molecular weight excluding hydrogens is 564 g/mol. The Kier molecular flexibility index (Phi) is 8.80. The molecular formula is C42H32N2O2. The molecule has 6 rings (SSSR count). The quantitative estimate of drug-likeness (QED) is 0.129. The first-order chi connectivity index (χ1) is 22.5. The van der Waals surface area contributed by atoms with Crippen molar-refractivity contribution in [1.82, 2.24) is 0 Å². The Morgan fingerprint density at radius 2 is 0.848 bits per heavy atom. The number of nitrogens with one attached hydrogen (secondary N) is 2. The molecule has 2 N–H and O–H groups in total. The second-order valence-electron chi connectivity index (χ2n) is 10.8. The molecule has 46 heavy (non-hydrogen) atoms. The van der Waals surface area contributed by atoms with Crippen LogP contribution in [0.1, 0.15) is 22.3 Å². The van der Waals surface area contributed by atoms with Gasteiger partial charge in [-0.25, -0.2) is 0 Å². The molecule has 222 valence electrons. The third-order valence-electron chi connectivity index (χ3n) is 7.81. The lowest BCUT2D eigenvalue weighted by Gasteiger charge is -2.17. The molecule has 0 atom stereocenters. The van der Waals surface area contributed by atoms with Crippen molar-refractivity contribution in [2.75, 3.05) is 10.6 Å². The highest BCUT2D eigenvalue weighted by atomic mass is 16.2. The zero-order chi connectivity index (χ0) is 31.9. The molecule has 0 aliphatic carbocycles. The molecule has 6 aromatic rings. The normalized spacial score (nSPS) is 11.2. The van der Waals surface area contributed by atoms with Gasteiger partial charge >= 0.3 is 0 Å². The summed E-state index contributed by atoms with van der Waals surface area (Å²) >= 11 is 0. The van der Waals surface area contributed by atoms with Crippen LogP contribution in [-0.4, -0.2) is 11.8 Å². The second-order valence-corrected chi connectivity index (χ2v) is 10.8. The lowest BCUT2D eigenvalue weighted by atomic mass is 9.86. The Morgan fingerprint density at radius 1 is 0.457 bits per heavy atom. The van der Waals surface area contributed by atoms with E-state index in [1.165, 1.54) is 22.9 Å². The maximum atomic E-state index is 11.7. The van der Waals surface area contributed by atoms with Crippen molar-refractivity contribution in [3.8, 4) is 11.1 Å². The Hall–Kier alpha value is -6.26. The molecule has 0 spiro atoms. The summed E-state index contributed by atoms with van der Waals surface area (Å²) < 4.78 is 0. The molecule has 0 fully saturated rings. The van der Waals surface area contributed by atoms with E-state index in [9.17, 15) is 9.59 Å². The van der Waals surface area contributed by atoms with Gasteiger partial charge in [0.1, 0.15) is 0 Å². The maximum Gasteiger partial charge on any atom is 0.247 e. The van der Waals surface area contributed by atoms with Crippen LogP contribution in [0, 0.1) is 0 Å². The lowest BCUT2D eigenvalue weighted by molar-refractivity contribution is -0.112. The van der Waals surface area contributed by atoms with Crippen LogP contribution in [0.25, 0.3) is 57.0 Å². The van der Waals surface area contributed by atoms with E-state index in [0.717, 1.165) is 55.5 Å². The van der Waals surface area contributed by atoms with E-state index in [1.54, 1.807) is 0 Å². The fraction of sp³-hybridized carbons (Fsp3) is 0. The van der Waals surface area contributed by atoms with Gasteiger partial charge in [0, 0.05) is 11.4 Å². The zero-order valence-corrected chi connectivity index (χ0v) is 25.2. The summed E-state index contributed by atoms with van der Waals surface area (Å²) in [6.45, 7) is 7.03. The van der Waals surface area contributed by atoms with E-state index in [4.69, 9.17) is 0 Å². The van der Waals surface area contributed by atoms with Crippen molar-refractivity contribution < 1.29 is 9.59 Å². The van der Waals surface area contributed by atoms with Gasteiger partial charge in [-0.05, 0) is 91.3 Å². The maximum absolute atomic E-state index is 11.7. The van der Waals surface area contributed by atoms with Crippen molar-refractivity contribution in [1.29, 1.82) is 0 Å². The van der Waals surface area contributed by atoms with E-state index in [-0.39, 0.29) is 11.8 Å². The van der Waals surface area contributed by atoms with E-state index in [0.29, 0.717) is 0 Å². The monoisotopic (exact) mass is 596 g/mol. The molecule has 0 saturated heterocycles. The predicted octanol–water partition coefficient (Wildman–Crippen LogP) is 10.2. The molecule has 0 aliphatic rings. The fourth-order valence-corrected chi connectivity index (χ4v) is 5.53. The number of carbonyl (C=O) groups excluding carboxylic acids is 2. The number of benzene rings is 6. The first-order valence-corrected chi connectivity index (χ1v) is 15.0. The average molecular weight is 597 g/mol. The first-order valence-electron chi connectivity index (χ1n) is 15.0. The second kappa shape index (κ2) is 13.6. The fourth-order valence-electron chi connectivity index (χ4n) is 5.53. The molecule has 2 amide bonds. The molecule has 6 aromatic carbocycles. The van der Waals surface area contributed by atoms with Gasteiger partial charge in [-0.1, -0.05) is 135 Å². The minimum Gasteiger partial charge on any atom is -0.323 e. The minimum atomic E-state index is -0.238. The van der Waals surface area contributed by atoms with Gasteiger partial charge in [-0.15, -0.1) is 0 Å². The largest absolute Gasteiger partial charge is 0.323 e. The summed E-state index contributed by atoms with van der Waals surface area (Å²) in [5.74, 6) is -0.476. The zero-order valence-electron chi connectivity index (χ0n) is 25.2. The van der Waals surface area contributed by atoms with E-state index in [2.05, 4.69) is 121 Å². The minimum absolute atomic E-state index is 0.238. The van der Waals surface area contributed by atoms with Crippen molar-refractivity contribution >= 4 is 69.0 Å². The third kappa shape index (κ3) is 6.62. The van der Waals surface area contributed by atoms with Crippen LogP contribution in [0.4, 0.5) is 11.4 Å². The van der Waals surface area contributed by atoms with Gasteiger partial charge in [0.15, 0.2) is 0 Å². The molecule has 0 unspecified atom stereocenters. The van der Waals surface area contributed by atoms with Crippen LogP contribution in [0.2, 0.25) is 0 Å². The Bertz CT molecular complexity index is 2000. The van der Waals surface area contributed by atoms with Gasteiger partial charge in [-0.2, -0.15) is 0 Å². The number of fused-ring (bicyclic) bond motifs is 2. The molecule has 0 bridgehead atoms. The summed E-state index contributed by atoms with van der Waals surface area (Å²) in [4.78, 5) is 23.4. The lowest BCUT2D eigenvalue weighted by Crippen LogP contribution is -2.06. The van der Waals surface area contributed by atoms with Crippen LogP contribution in [0.5, 0.6) is 0 Å². The van der Waals surface area contributed by atoms with Gasteiger partial charge in [-0.3, -0.25) is 9.59 Å². The van der Waals surface area contributed by atoms with Crippen LogP contribution < -0.4 is 10.6 Å². The first kappa shape index (κ1) is 29.8. The third-order valence-corrected chi connectivity index (χ3v) is 7.81. The Balaban J connectivity index is 1.46. The summed E-state index contributed by atoms with van der Waals surface area (Å²) in [5, 5.41) is 10.3. The van der Waals surface area contributed by atoms with Gasteiger partial charge in [0.25, 0.3) is 0 Å². The summed E-state index contributed by atoms with van der Waals surface area (Å²) in [5.41, 5.74) is 7.97. The Morgan fingerprint density at radius 3 is 1.24 bits per heavy atom. The molecule has 0 aliphatic heterocycles. The molecule has 0 heterocycles. The van der Waals surface area contributed by atoms with Crippen LogP contribution in [0.15, 0.2) is 147 Å². The molecule has 4 heteroatoms. The number of anilines is 2. The van der Waals surface area contributed by atoms with Crippen LogP contribution in [-0.2, 0) is 9.59 Å². The van der Waals surface area contributed by atoms with Crippen LogP contribution >= 0.6 is 0 Å². The van der Waals surface area contributed by atoms with E-state index >= 15 is 0 Å². The SMILES string of the molecule is C=CC(=O)Nc1ccc(/C=C/c2ccc3ccccc3c2-c2c(/C=C/c3ccc(NC(=O)C=C)cc3)ccc3ccccc23)cc1. The van der Waals surface area contributed by atoms with Crippen molar-refractivity contribution in [2.45, 2.75) is 0 Å². The van der Waals surface area contributed by atoms with Crippen LogP contribution in [0.3, 0.4) is 0 Å². The number of amides is 2. The number of carbonyl (C=O) groups is 2. The van der Waals surface area contributed by atoms with Gasteiger partial charge in [0.2, 0.25) is 11.8 Å². The summed E-state index contributed by atoms with van der Waals surface area (Å²) in [6.07, 6.45) is 11.0. The highest BCUT2D eigenvalue weighted by Crippen LogP contribution is 2.40. The molecule has 0 radical (unpaired) electrons. The van der Waals surface area contributed by atoms with E-state index < -0.39 is 0 Å². The number of rotatable bonds is 9. The van der Waals surface area contributed by atoms with Crippen molar-refractivity contribution in [2.24, 2.45) is 0 Å². The molecule has 0 aromatic heterocycles. The van der Waals surface area contributed by atoms with Gasteiger partial charge in [0.05, 0.1) is 0 Å². The summed E-state index contributed by atoms with van der Waals surface area (Å²) in [6, 6.07) is 41.1. The number of hydrogen-bond donors (Lipinski definition) is 2. The Labute approximate surface area is 268 Å². The topological polar surface area (TPSA) is 58.2 Å². The smallest absolute Gasteiger partial charge is 0.247 e. The highest BCUT2D eigenvalue weighted by Gasteiger charge is 2.15. The summed E-state index contributed by atoms with van der Waals surface area (Å²) in [7, 11) is 0. The highest BCUT2D eigenvalue weighted by molar-refractivity contribution is 6.11. The average Bonchev–Trinajstić information content (AvgIpc) is 3.10. The van der Waals surface area contributed by atoms with Crippen molar-refractivity contribution in [3.05, 3.63) is 169 Å². The van der Waals surface area contributed by atoms with Crippen molar-refractivity contribution in [3.63, 3.8) is 0 Å². The predicted molar refractivity (Wildman–Crippen MR) is 195 cm³/mol. The number of hydrogen-bond acceptors (Lipinski definition) is 2. The van der Waals surface area contributed by atoms with Gasteiger partial charge < -0.3 is 10.6 Å².